The number of likely N-dealkylation sites (tertiary alicyclic amines) is 1. The van der Waals surface area contributed by atoms with E-state index >= 15 is 0 Å². The molecule has 156 valence electrons. The lowest BCUT2D eigenvalue weighted by atomic mass is 10.0. The third-order valence-corrected chi connectivity index (χ3v) is 6.02. The van der Waals surface area contributed by atoms with Gasteiger partial charge in [0.15, 0.2) is 0 Å². The van der Waals surface area contributed by atoms with Gasteiger partial charge in [0.1, 0.15) is 0 Å². The Kier molecular flexibility index (Phi) is 5.22. The molecule has 1 fully saturated rings. The second-order valence-electron chi connectivity index (χ2n) is 8.13. The number of nitrogens with one attached hydrogen (secondary N) is 1. The molecule has 0 saturated carbocycles. The number of fused-ring (bicyclic) bond motifs is 2. The molecule has 31 heavy (non-hydrogen) atoms. The van der Waals surface area contributed by atoms with E-state index in [1.165, 1.54) is 5.56 Å². The average Bonchev–Trinajstić information content (AvgIpc) is 2.79. The smallest absolute Gasteiger partial charge is 0.404 e. The fourth-order valence-corrected chi connectivity index (χ4v) is 4.40. The predicted molar refractivity (Wildman–Crippen MR) is 122 cm³/mol. The van der Waals surface area contributed by atoms with Gasteiger partial charge in [-0.05, 0) is 42.0 Å². The predicted octanol–water partition coefficient (Wildman–Crippen LogP) is 4.68. The van der Waals surface area contributed by atoms with E-state index in [-0.39, 0.29) is 6.04 Å². The van der Waals surface area contributed by atoms with Crippen molar-refractivity contribution in [3.8, 4) is 11.3 Å². The normalized spacial score (nSPS) is 15.4. The van der Waals surface area contributed by atoms with Gasteiger partial charge in [0.05, 0.1) is 11.2 Å². The first-order chi connectivity index (χ1) is 15.2. The minimum Gasteiger partial charge on any atom is -0.465 e. The molecule has 2 N–H and O–H groups in total. The van der Waals surface area contributed by atoms with E-state index < -0.39 is 6.09 Å². The lowest BCUT2D eigenvalue weighted by Gasteiger charge is -2.31. The number of amides is 1. The van der Waals surface area contributed by atoms with Crippen LogP contribution in [-0.4, -0.2) is 45.2 Å². The number of nitrogens with zero attached hydrogens (tertiary/aromatic N) is 3. The van der Waals surface area contributed by atoms with Crippen molar-refractivity contribution in [2.24, 2.45) is 0 Å². The molecule has 0 aliphatic carbocycles. The van der Waals surface area contributed by atoms with Crippen LogP contribution in [-0.2, 0) is 6.54 Å². The van der Waals surface area contributed by atoms with Gasteiger partial charge in [0, 0.05) is 54.4 Å². The van der Waals surface area contributed by atoms with Crippen molar-refractivity contribution in [2.75, 3.05) is 13.1 Å². The molecule has 0 radical (unpaired) electrons. The van der Waals surface area contributed by atoms with Gasteiger partial charge in [0.2, 0.25) is 0 Å². The van der Waals surface area contributed by atoms with E-state index in [1.54, 1.807) is 0 Å². The Morgan fingerprint density at radius 1 is 1.03 bits per heavy atom. The standard InChI is InChI=1S/C25H24N4O2/c30-25(31)27-20-9-11-29(12-10-20)16-17-5-6-19-14-26-15-22(21(19)13-17)24-8-7-18-3-1-2-4-23(18)28-24/h1-8,13-15,20,27H,9-12,16H2,(H,30,31). The van der Waals surface area contributed by atoms with E-state index in [0.717, 1.165) is 65.4 Å². The fourth-order valence-electron chi connectivity index (χ4n) is 4.40. The van der Waals surface area contributed by atoms with Gasteiger partial charge in [-0.25, -0.2) is 9.78 Å². The summed E-state index contributed by atoms with van der Waals surface area (Å²) < 4.78 is 0. The average molecular weight is 412 g/mol. The second-order valence-corrected chi connectivity index (χ2v) is 8.13. The zero-order valence-electron chi connectivity index (χ0n) is 17.2. The SMILES string of the molecule is O=C(O)NC1CCN(Cc2ccc3cncc(-c4ccc5ccccc5n4)c3c2)CC1. The largest absolute Gasteiger partial charge is 0.465 e. The quantitative estimate of drug-likeness (QED) is 0.509. The van der Waals surface area contributed by atoms with Crippen LogP contribution in [0.25, 0.3) is 32.9 Å². The number of hydrogen-bond donors (Lipinski definition) is 2. The van der Waals surface area contributed by atoms with Crippen LogP contribution in [0.3, 0.4) is 0 Å². The van der Waals surface area contributed by atoms with Gasteiger partial charge in [0.25, 0.3) is 0 Å². The molecule has 3 heterocycles. The second kappa shape index (κ2) is 8.32. The van der Waals surface area contributed by atoms with E-state index in [9.17, 15) is 4.79 Å². The number of pyridine rings is 2. The van der Waals surface area contributed by atoms with Gasteiger partial charge in [-0.2, -0.15) is 0 Å². The minimum absolute atomic E-state index is 0.0574. The zero-order chi connectivity index (χ0) is 21.2. The third-order valence-electron chi connectivity index (χ3n) is 6.02. The summed E-state index contributed by atoms with van der Waals surface area (Å²) in [4.78, 5) is 22.5. The van der Waals surface area contributed by atoms with Crippen molar-refractivity contribution in [1.82, 2.24) is 20.2 Å². The van der Waals surface area contributed by atoms with E-state index in [4.69, 9.17) is 10.1 Å². The lowest BCUT2D eigenvalue weighted by molar-refractivity contribution is 0.165. The van der Waals surface area contributed by atoms with Crippen LogP contribution in [0, 0.1) is 0 Å². The van der Waals surface area contributed by atoms with E-state index in [0.29, 0.717) is 0 Å². The molecule has 2 aromatic heterocycles. The van der Waals surface area contributed by atoms with Crippen molar-refractivity contribution in [2.45, 2.75) is 25.4 Å². The van der Waals surface area contributed by atoms with Crippen LogP contribution >= 0.6 is 0 Å². The summed E-state index contributed by atoms with van der Waals surface area (Å²) in [5.41, 5.74) is 4.18. The summed E-state index contributed by atoms with van der Waals surface area (Å²) in [5.74, 6) is 0. The molecule has 6 nitrogen and oxygen atoms in total. The number of aromatic nitrogens is 2. The number of carbonyl (C=O) groups is 1. The Morgan fingerprint density at radius 2 is 1.84 bits per heavy atom. The van der Waals surface area contributed by atoms with E-state index in [2.05, 4.69) is 51.6 Å². The molecular weight excluding hydrogens is 388 g/mol. The Labute approximate surface area is 180 Å². The maximum Gasteiger partial charge on any atom is 0.404 e. The number of carboxylic acid groups (broad SMARTS) is 1. The third kappa shape index (κ3) is 4.20. The summed E-state index contributed by atoms with van der Waals surface area (Å²) in [6.45, 7) is 2.62. The van der Waals surface area contributed by atoms with Gasteiger partial charge in [-0.1, -0.05) is 36.4 Å². The number of hydrogen-bond acceptors (Lipinski definition) is 4. The summed E-state index contributed by atoms with van der Waals surface area (Å²) in [6, 6.07) is 18.9. The van der Waals surface area contributed by atoms with Gasteiger partial charge in [-0.3, -0.25) is 9.88 Å². The number of piperidine rings is 1. The fraction of sp³-hybridized carbons (Fsp3) is 0.240. The molecule has 0 bridgehead atoms. The molecule has 1 amide bonds. The molecule has 1 aliphatic rings. The maximum absolute atomic E-state index is 10.9. The summed E-state index contributed by atoms with van der Waals surface area (Å²) in [5, 5.41) is 14.9. The van der Waals surface area contributed by atoms with Crippen LogP contribution in [0.5, 0.6) is 0 Å². The molecule has 1 aliphatic heterocycles. The molecule has 4 aromatic rings. The van der Waals surface area contributed by atoms with Crippen molar-refractivity contribution in [3.63, 3.8) is 0 Å². The summed E-state index contributed by atoms with van der Waals surface area (Å²) >= 11 is 0. The molecule has 0 spiro atoms. The molecule has 6 heteroatoms. The van der Waals surface area contributed by atoms with Crippen LogP contribution < -0.4 is 5.32 Å². The van der Waals surface area contributed by atoms with Crippen molar-refractivity contribution in [1.29, 1.82) is 0 Å². The first-order valence-corrected chi connectivity index (χ1v) is 10.6. The first-order valence-electron chi connectivity index (χ1n) is 10.6. The van der Waals surface area contributed by atoms with Gasteiger partial charge >= 0.3 is 6.09 Å². The van der Waals surface area contributed by atoms with Crippen molar-refractivity contribution >= 4 is 27.8 Å². The molecular formula is C25H24N4O2. The van der Waals surface area contributed by atoms with Gasteiger partial charge in [-0.15, -0.1) is 0 Å². The number of para-hydroxylation sites is 1. The van der Waals surface area contributed by atoms with Crippen LogP contribution in [0.1, 0.15) is 18.4 Å². The number of benzene rings is 2. The Morgan fingerprint density at radius 3 is 2.68 bits per heavy atom. The maximum atomic E-state index is 10.9. The van der Waals surface area contributed by atoms with Crippen molar-refractivity contribution in [3.05, 3.63) is 72.6 Å². The molecule has 2 aromatic carbocycles. The number of rotatable bonds is 4. The molecule has 5 rings (SSSR count). The molecule has 0 unspecified atom stereocenters. The Bertz CT molecular complexity index is 1250. The zero-order valence-corrected chi connectivity index (χ0v) is 17.2. The lowest BCUT2D eigenvalue weighted by Crippen LogP contribution is -2.43. The minimum atomic E-state index is -0.934. The van der Waals surface area contributed by atoms with Crippen molar-refractivity contribution < 1.29 is 9.90 Å². The monoisotopic (exact) mass is 412 g/mol. The Hall–Kier alpha value is -3.51. The van der Waals surface area contributed by atoms with Crippen LogP contribution in [0.2, 0.25) is 0 Å². The molecule has 0 atom stereocenters. The van der Waals surface area contributed by atoms with Gasteiger partial charge < -0.3 is 10.4 Å². The summed E-state index contributed by atoms with van der Waals surface area (Å²) in [6.07, 6.45) is 4.54. The van der Waals surface area contributed by atoms with Crippen LogP contribution in [0.15, 0.2) is 67.0 Å². The highest BCUT2D eigenvalue weighted by molar-refractivity contribution is 5.96. The highest BCUT2D eigenvalue weighted by Gasteiger charge is 2.20. The van der Waals surface area contributed by atoms with Crippen LogP contribution in [0.4, 0.5) is 4.79 Å². The first kappa shape index (κ1) is 19.5. The highest BCUT2D eigenvalue weighted by atomic mass is 16.4. The summed E-state index contributed by atoms with van der Waals surface area (Å²) in [7, 11) is 0. The topological polar surface area (TPSA) is 78.4 Å². The Balaban J connectivity index is 1.41. The highest BCUT2D eigenvalue weighted by Crippen LogP contribution is 2.29. The molecule has 1 saturated heterocycles. The van der Waals surface area contributed by atoms with E-state index in [1.807, 2.05) is 30.6 Å².